The van der Waals surface area contributed by atoms with E-state index in [1.807, 2.05) is 4.90 Å². The summed E-state index contributed by atoms with van der Waals surface area (Å²) in [5.74, 6) is 3.13. The average molecular weight is 292 g/mol. The molecule has 4 aliphatic rings. The summed E-state index contributed by atoms with van der Waals surface area (Å²) in [5, 5.41) is 12.6. The standard InChI is InChI=1S/C17H28N2O2/c20-10-14-9-15-3-4-16(14)19(15)17(21)18-6-5-13-8-11-1-2-12(13)7-11/h11-16,20H,1-10H2,(H,18,21). The zero-order valence-electron chi connectivity index (χ0n) is 12.8. The first kappa shape index (κ1) is 13.9. The van der Waals surface area contributed by atoms with Gasteiger partial charge in [-0.15, -0.1) is 0 Å². The quantitative estimate of drug-likeness (QED) is 0.836. The first-order valence-electron chi connectivity index (χ1n) is 8.93. The number of aliphatic hydroxyl groups is 1. The molecule has 118 valence electrons. The van der Waals surface area contributed by atoms with Crippen LogP contribution in [0.2, 0.25) is 0 Å². The Morgan fingerprint density at radius 3 is 2.67 bits per heavy atom. The van der Waals surface area contributed by atoms with Crippen LogP contribution >= 0.6 is 0 Å². The van der Waals surface area contributed by atoms with Gasteiger partial charge in [0.15, 0.2) is 0 Å². The van der Waals surface area contributed by atoms with Crippen molar-refractivity contribution in [1.82, 2.24) is 10.2 Å². The summed E-state index contributed by atoms with van der Waals surface area (Å²) in [7, 11) is 0. The third-order valence-electron chi connectivity index (χ3n) is 6.81. The zero-order valence-corrected chi connectivity index (χ0v) is 12.8. The smallest absolute Gasteiger partial charge is 0.317 e. The second-order valence-electron chi connectivity index (χ2n) is 7.84. The molecule has 2 aliphatic heterocycles. The van der Waals surface area contributed by atoms with Gasteiger partial charge < -0.3 is 15.3 Å². The van der Waals surface area contributed by atoms with Crippen LogP contribution in [0.5, 0.6) is 0 Å². The highest BCUT2D eigenvalue weighted by Gasteiger charge is 2.48. The van der Waals surface area contributed by atoms with Crippen LogP contribution in [-0.2, 0) is 0 Å². The van der Waals surface area contributed by atoms with Gasteiger partial charge >= 0.3 is 6.03 Å². The molecule has 0 aromatic heterocycles. The highest BCUT2D eigenvalue weighted by atomic mass is 16.3. The Balaban J connectivity index is 1.25. The molecular weight excluding hydrogens is 264 g/mol. The second kappa shape index (κ2) is 5.45. The Morgan fingerprint density at radius 1 is 1.10 bits per heavy atom. The predicted molar refractivity (Wildman–Crippen MR) is 80.8 cm³/mol. The lowest BCUT2D eigenvalue weighted by Gasteiger charge is -2.25. The third kappa shape index (κ3) is 2.36. The second-order valence-corrected chi connectivity index (χ2v) is 7.84. The number of nitrogens with zero attached hydrogens (tertiary/aromatic N) is 1. The van der Waals surface area contributed by atoms with Gasteiger partial charge in [-0.05, 0) is 62.7 Å². The molecule has 0 radical (unpaired) electrons. The van der Waals surface area contributed by atoms with Crippen LogP contribution in [-0.4, -0.2) is 41.3 Å². The lowest BCUT2D eigenvalue weighted by Crippen LogP contribution is -2.44. The Kier molecular flexibility index (Phi) is 3.60. The molecular formula is C17H28N2O2. The topological polar surface area (TPSA) is 52.6 Å². The van der Waals surface area contributed by atoms with E-state index in [1.54, 1.807) is 0 Å². The van der Waals surface area contributed by atoms with Crippen LogP contribution in [0.1, 0.15) is 51.4 Å². The minimum atomic E-state index is 0.126. The molecule has 4 bridgehead atoms. The molecule has 0 aromatic rings. The number of carbonyl (C=O) groups excluding carboxylic acids is 1. The molecule has 4 nitrogen and oxygen atoms in total. The van der Waals surface area contributed by atoms with Gasteiger partial charge in [0.05, 0.1) is 0 Å². The molecule has 0 spiro atoms. The fourth-order valence-corrected chi connectivity index (χ4v) is 5.81. The van der Waals surface area contributed by atoms with E-state index in [-0.39, 0.29) is 12.6 Å². The maximum atomic E-state index is 12.4. The molecule has 4 fully saturated rings. The fourth-order valence-electron chi connectivity index (χ4n) is 5.81. The van der Waals surface area contributed by atoms with Crippen molar-refractivity contribution in [3.05, 3.63) is 0 Å². The van der Waals surface area contributed by atoms with E-state index in [1.165, 1.54) is 32.1 Å². The summed E-state index contributed by atoms with van der Waals surface area (Å²) in [5.41, 5.74) is 0. The minimum absolute atomic E-state index is 0.126. The molecule has 0 aromatic carbocycles. The van der Waals surface area contributed by atoms with E-state index < -0.39 is 0 Å². The first-order chi connectivity index (χ1) is 10.3. The van der Waals surface area contributed by atoms with Gasteiger partial charge in [-0.3, -0.25) is 0 Å². The summed E-state index contributed by atoms with van der Waals surface area (Å²) in [6.45, 7) is 1.07. The molecule has 2 saturated heterocycles. The number of nitrogens with one attached hydrogen (secondary N) is 1. The van der Waals surface area contributed by atoms with Gasteiger partial charge in [0.2, 0.25) is 0 Å². The van der Waals surface area contributed by atoms with Gasteiger partial charge in [0, 0.05) is 31.2 Å². The number of rotatable bonds is 4. The monoisotopic (exact) mass is 292 g/mol. The Labute approximate surface area is 127 Å². The zero-order chi connectivity index (χ0) is 14.4. The van der Waals surface area contributed by atoms with Crippen molar-refractivity contribution in [2.45, 2.75) is 63.5 Å². The lowest BCUT2D eigenvalue weighted by atomic mass is 9.86. The van der Waals surface area contributed by atoms with Gasteiger partial charge in [0.1, 0.15) is 0 Å². The molecule has 4 heteroatoms. The van der Waals surface area contributed by atoms with Crippen LogP contribution in [0.15, 0.2) is 0 Å². The molecule has 4 rings (SSSR count). The number of fused-ring (bicyclic) bond motifs is 4. The first-order valence-corrected chi connectivity index (χ1v) is 8.93. The summed E-state index contributed by atoms with van der Waals surface area (Å²) >= 11 is 0. The van der Waals surface area contributed by atoms with E-state index in [9.17, 15) is 9.90 Å². The molecule has 2 heterocycles. The van der Waals surface area contributed by atoms with Crippen molar-refractivity contribution in [2.75, 3.05) is 13.2 Å². The highest BCUT2D eigenvalue weighted by molar-refractivity contribution is 5.75. The van der Waals surface area contributed by atoms with Crippen molar-refractivity contribution in [3.63, 3.8) is 0 Å². The van der Waals surface area contributed by atoms with Crippen LogP contribution < -0.4 is 5.32 Å². The Morgan fingerprint density at radius 2 is 2.00 bits per heavy atom. The Bertz CT molecular complexity index is 414. The molecule has 6 atom stereocenters. The lowest BCUT2D eigenvalue weighted by molar-refractivity contribution is 0.168. The van der Waals surface area contributed by atoms with Crippen LogP contribution in [0, 0.1) is 23.7 Å². The third-order valence-corrected chi connectivity index (χ3v) is 6.81. The number of amides is 2. The number of hydrogen-bond donors (Lipinski definition) is 2. The largest absolute Gasteiger partial charge is 0.396 e. The predicted octanol–water partition coefficient (Wildman–Crippen LogP) is 2.37. The van der Waals surface area contributed by atoms with Crippen molar-refractivity contribution in [1.29, 1.82) is 0 Å². The summed E-state index contributed by atoms with van der Waals surface area (Å²) < 4.78 is 0. The number of urea groups is 1. The Hall–Kier alpha value is -0.770. The van der Waals surface area contributed by atoms with Crippen LogP contribution in [0.3, 0.4) is 0 Å². The van der Waals surface area contributed by atoms with Crippen molar-refractivity contribution >= 4 is 6.03 Å². The fraction of sp³-hybridized carbons (Fsp3) is 0.941. The molecule has 2 saturated carbocycles. The summed E-state index contributed by atoms with van der Waals surface area (Å²) in [4.78, 5) is 14.5. The van der Waals surface area contributed by atoms with Gasteiger partial charge in [-0.2, -0.15) is 0 Å². The number of carbonyl (C=O) groups is 1. The number of aliphatic hydroxyl groups excluding tert-OH is 1. The van der Waals surface area contributed by atoms with E-state index in [0.29, 0.717) is 18.0 Å². The van der Waals surface area contributed by atoms with Crippen LogP contribution in [0.4, 0.5) is 4.79 Å². The molecule has 21 heavy (non-hydrogen) atoms. The molecule has 6 unspecified atom stereocenters. The average Bonchev–Trinajstić information content (AvgIpc) is 3.25. The highest BCUT2D eigenvalue weighted by Crippen LogP contribution is 2.49. The van der Waals surface area contributed by atoms with Gasteiger partial charge in [-0.25, -0.2) is 4.79 Å². The maximum Gasteiger partial charge on any atom is 0.317 e. The normalized spacial score (nSPS) is 43.8. The summed E-state index contributed by atoms with van der Waals surface area (Å²) in [6.07, 6.45) is 10.1. The van der Waals surface area contributed by atoms with Crippen molar-refractivity contribution in [2.24, 2.45) is 23.7 Å². The van der Waals surface area contributed by atoms with Gasteiger partial charge in [-0.1, -0.05) is 6.42 Å². The molecule has 2 amide bonds. The maximum absolute atomic E-state index is 12.4. The SMILES string of the molecule is O=C(NCCC1CC2CCC1C2)N1C2CCC1C(CO)C2. The molecule has 2 aliphatic carbocycles. The summed E-state index contributed by atoms with van der Waals surface area (Å²) in [6, 6.07) is 0.804. The van der Waals surface area contributed by atoms with E-state index in [0.717, 1.165) is 43.6 Å². The van der Waals surface area contributed by atoms with Crippen LogP contribution in [0.25, 0.3) is 0 Å². The van der Waals surface area contributed by atoms with E-state index >= 15 is 0 Å². The minimum Gasteiger partial charge on any atom is -0.396 e. The number of hydrogen-bond acceptors (Lipinski definition) is 2. The van der Waals surface area contributed by atoms with E-state index in [4.69, 9.17) is 0 Å². The van der Waals surface area contributed by atoms with E-state index in [2.05, 4.69) is 5.32 Å². The van der Waals surface area contributed by atoms with Crippen molar-refractivity contribution < 1.29 is 9.90 Å². The van der Waals surface area contributed by atoms with Crippen molar-refractivity contribution in [3.8, 4) is 0 Å². The van der Waals surface area contributed by atoms with Gasteiger partial charge in [0.25, 0.3) is 0 Å². The molecule has 2 N–H and O–H groups in total.